The largest absolute Gasteiger partial charge is 0.278 e. The van der Waals surface area contributed by atoms with Gasteiger partial charge in [-0.2, -0.15) is 9.97 Å². The number of hydrogen-bond acceptors (Lipinski definition) is 3. The molecule has 4 nitrogen and oxygen atoms in total. The van der Waals surface area contributed by atoms with Crippen molar-refractivity contribution in [2.75, 3.05) is 0 Å². The molecule has 0 fully saturated rings. The van der Waals surface area contributed by atoms with E-state index in [2.05, 4.69) is 169 Å². The van der Waals surface area contributed by atoms with Gasteiger partial charge in [0.25, 0.3) is 0 Å². The van der Waals surface area contributed by atoms with Crippen molar-refractivity contribution in [3.8, 4) is 39.9 Å². The number of nitrogens with zero attached hydrogens (tertiary/aromatic N) is 4. The Morgan fingerprint density at radius 3 is 1.62 bits per heavy atom. The summed E-state index contributed by atoms with van der Waals surface area (Å²) in [6, 6.07) is 39.6. The van der Waals surface area contributed by atoms with Crippen LogP contribution < -0.4 is 0 Å². The Bertz CT molecular complexity index is 2280. The predicted octanol–water partition coefficient (Wildman–Crippen LogP) is 11.2. The molecule has 8 rings (SSSR count). The van der Waals surface area contributed by atoms with Gasteiger partial charge in [0.2, 0.25) is 5.95 Å². The average molecular weight is 627 g/mol. The van der Waals surface area contributed by atoms with Crippen LogP contribution >= 0.6 is 0 Å². The molecule has 7 aromatic rings. The SMILES string of the molecule is CC(C)(C)c1ccc(-c2nc(-c3ccc(C(C)(C)C)cc3)nc(-n3c4ccccc4c4cc5c(cc43)C(C)(C)c3ccccc3-5)n2)cc1. The van der Waals surface area contributed by atoms with Crippen LogP contribution in [0, 0.1) is 0 Å². The second-order valence-electron chi connectivity index (χ2n) is 15.9. The van der Waals surface area contributed by atoms with Crippen molar-refractivity contribution in [2.24, 2.45) is 0 Å². The lowest BCUT2D eigenvalue weighted by Crippen LogP contribution is -2.15. The first-order valence-electron chi connectivity index (χ1n) is 17.0. The molecular weight excluding hydrogens is 585 g/mol. The Labute approximate surface area is 283 Å². The number of aromatic nitrogens is 4. The molecular formula is C44H42N4. The maximum Gasteiger partial charge on any atom is 0.238 e. The van der Waals surface area contributed by atoms with Crippen molar-refractivity contribution in [3.63, 3.8) is 0 Å². The summed E-state index contributed by atoms with van der Waals surface area (Å²) in [5.74, 6) is 1.94. The highest BCUT2D eigenvalue weighted by molar-refractivity contribution is 6.11. The summed E-state index contributed by atoms with van der Waals surface area (Å²) < 4.78 is 2.24. The van der Waals surface area contributed by atoms with Gasteiger partial charge in [0, 0.05) is 27.3 Å². The van der Waals surface area contributed by atoms with E-state index in [4.69, 9.17) is 15.0 Å². The highest BCUT2D eigenvalue weighted by Crippen LogP contribution is 2.50. The smallest absolute Gasteiger partial charge is 0.238 e. The minimum absolute atomic E-state index is 0.0550. The second kappa shape index (κ2) is 10.5. The maximum atomic E-state index is 5.23. The first kappa shape index (κ1) is 30.3. The summed E-state index contributed by atoms with van der Waals surface area (Å²) in [6.07, 6.45) is 0. The molecule has 0 unspecified atom stereocenters. The highest BCUT2D eigenvalue weighted by Gasteiger charge is 2.36. The van der Waals surface area contributed by atoms with Gasteiger partial charge in [0.05, 0.1) is 11.0 Å². The van der Waals surface area contributed by atoms with Crippen molar-refractivity contribution < 1.29 is 0 Å². The molecule has 1 aliphatic rings. The fourth-order valence-electron chi connectivity index (χ4n) is 7.34. The molecule has 0 bridgehead atoms. The first-order valence-corrected chi connectivity index (χ1v) is 17.0. The molecule has 0 radical (unpaired) electrons. The van der Waals surface area contributed by atoms with Crippen molar-refractivity contribution in [3.05, 3.63) is 131 Å². The van der Waals surface area contributed by atoms with Crippen LogP contribution in [-0.2, 0) is 16.2 Å². The van der Waals surface area contributed by atoms with Crippen LogP contribution in [0.2, 0.25) is 0 Å². The number of hydrogen-bond donors (Lipinski definition) is 0. The maximum absolute atomic E-state index is 5.23. The fraction of sp³-hybridized carbons (Fsp3) is 0.250. The second-order valence-corrected chi connectivity index (χ2v) is 15.9. The van der Waals surface area contributed by atoms with Crippen molar-refractivity contribution in [1.82, 2.24) is 19.5 Å². The minimum Gasteiger partial charge on any atom is -0.278 e. The Balaban J connectivity index is 1.39. The van der Waals surface area contributed by atoms with Gasteiger partial charge in [0.1, 0.15) is 0 Å². The van der Waals surface area contributed by atoms with Gasteiger partial charge in [-0.3, -0.25) is 4.57 Å². The van der Waals surface area contributed by atoms with E-state index in [1.165, 1.54) is 44.2 Å². The lowest BCUT2D eigenvalue weighted by atomic mass is 9.82. The summed E-state index contributed by atoms with van der Waals surface area (Å²) in [5.41, 5.74) is 12.0. The van der Waals surface area contributed by atoms with Crippen LogP contribution in [0.3, 0.4) is 0 Å². The Morgan fingerprint density at radius 1 is 0.500 bits per heavy atom. The lowest BCUT2D eigenvalue weighted by molar-refractivity contribution is 0.590. The van der Waals surface area contributed by atoms with E-state index in [1.54, 1.807) is 0 Å². The molecule has 1 aliphatic carbocycles. The monoisotopic (exact) mass is 626 g/mol. The van der Waals surface area contributed by atoms with Crippen LogP contribution in [0.5, 0.6) is 0 Å². The molecule has 0 saturated heterocycles. The summed E-state index contributed by atoms with van der Waals surface area (Å²) in [5, 5.41) is 2.38. The normalized spacial score (nSPS) is 14.0. The van der Waals surface area contributed by atoms with Crippen LogP contribution in [0.15, 0.2) is 109 Å². The molecule has 0 spiro atoms. The molecule has 238 valence electrons. The van der Waals surface area contributed by atoms with Gasteiger partial charge in [-0.1, -0.05) is 146 Å². The van der Waals surface area contributed by atoms with E-state index in [9.17, 15) is 0 Å². The third-order valence-corrected chi connectivity index (χ3v) is 10.2. The van der Waals surface area contributed by atoms with E-state index in [0.717, 1.165) is 22.2 Å². The van der Waals surface area contributed by atoms with Crippen LogP contribution in [-0.4, -0.2) is 19.5 Å². The summed E-state index contributed by atoms with van der Waals surface area (Å²) in [7, 11) is 0. The molecule has 5 aromatic carbocycles. The lowest BCUT2D eigenvalue weighted by Gasteiger charge is -2.21. The van der Waals surface area contributed by atoms with E-state index in [0.29, 0.717) is 17.6 Å². The van der Waals surface area contributed by atoms with Gasteiger partial charge >= 0.3 is 0 Å². The molecule has 2 aromatic heterocycles. The number of rotatable bonds is 3. The Hall–Kier alpha value is -5.09. The van der Waals surface area contributed by atoms with Crippen LogP contribution in [0.1, 0.15) is 77.6 Å². The minimum atomic E-state index is -0.125. The van der Waals surface area contributed by atoms with Crippen molar-refractivity contribution in [1.29, 1.82) is 0 Å². The van der Waals surface area contributed by atoms with Gasteiger partial charge in [-0.25, -0.2) is 4.98 Å². The summed E-state index contributed by atoms with van der Waals surface area (Å²) in [4.78, 5) is 15.6. The number of benzene rings is 5. The fourth-order valence-corrected chi connectivity index (χ4v) is 7.34. The van der Waals surface area contributed by atoms with Gasteiger partial charge in [-0.15, -0.1) is 0 Å². The number of para-hydroxylation sites is 1. The summed E-state index contributed by atoms with van der Waals surface area (Å²) >= 11 is 0. The van der Waals surface area contributed by atoms with Gasteiger partial charge < -0.3 is 0 Å². The van der Waals surface area contributed by atoms with Gasteiger partial charge in [-0.05, 0) is 62.4 Å². The Kier molecular flexibility index (Phi) is 6.59. The van der Waals surface area contributed by atoms with Crippen LogP contribution in [0.4, 0.5) is 0 Å². The molecule has 0 N–H and O–H groups in total. The summed E-state index contributed by atoms with van der Waals surface area (Å²) in [6.45, 7) is 18.1. The highest BCUT2D eigenvalue weighted by atomic mass is 15.2. The third kappa shape index (κ3) is 4.77. The quantitative estimate of drug-likeness (QED) is 0.196. The molecule has 0 aliphatic heterocycles. The molecule has 0 saturated carbocycles. The molecule has 0 amide bonds. The van der Waals surface area contributed by atoms with E-state index in [-0.39, 0.29) is 16.2 Å². The van der Waals surface area contributed by atoms with E-state index >= 15 is 0 Å². The zero-order chi connectivity index (χ0) is 33.6. The zero-order valence-corrected chi connectivity index (χ0v) is 29.2. The molecule has 4 heteroatoms. The molecule has 2 heterocycles. The van der Waals surface area contributed by atoms with E-state index < -0.39 is 0 Å². The molecule has 48 heavy (non-hydrogen) atoms. The van der Waals surface area contributed by atoms with E-state index in [1.807, 2.05) is 0 Å². The van der Waals surface area contributed by atoms with Crippen LogP contribution in [0.25, 0.3) is 61.7 Å². The topological polar surface area (TPSA) is 43.6 Å². The average Bonchev–Trinajstić information content (AvgIpc) is 3.51. The van der Waals surface area contributed by atoms with Gasteiger partial charge in [0.15, 0.2) is 11.6 Å². The third-order valence-electron chi connectivity index (χ3n) is 10.2. The van der Waals surface area contributed by atoms with Crippen molar-refractivity contribution >= 4 is 21.8 Å². The predicted molar refractivity (Wildman–Crippen MR) is 200 cm³/mol. The van der Waals surface area contributed by atoms with Crippen molar-refractivity contribution in [2.45, 2.75) is 71.6 Å². The first-order chi connectivity index (χ1) is 22.8. The zero-order valence-electron chi connectivity index (χ0n) is 29.2. The standard InChI is InChI=1S/C44H42N4/c1-42(2,3)29-21-17-27(18-22-29)39-45-40(28-19-23-30(24-20-28)43(4,5)6)47-41(46-39)48-37-16-12-10-14-32(37)34-25-33-31-13-9-11-15-35(31)44(7,8)36(33)26-38(34)48/h9-26H,1-8H3. The molecule has 0 atom stereocenters. The number of fused-ring (bicyclic) bond motifs is 6. The Morgan fingerprint density at radius 2 is 1.04 bits per heavy atom.